The number of hydrogen-bond donors (Lipinski definition) is 1. The quantitative estimate of drug-likeness (QED) is 0.818. The molecule has 15 heavy (non-hydrogen) atoms. The lowest BCUT2D eigenvalue weighted by Gasteiger charge is -1.99. The van der Waals surface area contributed by atoms with E-state index < -0.39 is 5.97 Å². The number of aryl methyl sites for hydroxylation is 1. The standard InChI is InChI=1S/C8H7BrO2.2C2H6/c1-5-2-3-6(9)4-7(5)8(10)11;2*1-2/h2-4H,1H3,(H,10,11);2*1-2H3. The molecule has 0 spiro atoms. The number of rotatable bonds is 1. The first kappa shape index (κ1) is 16.6. The van der Waals surface area contributed by atoms with Crippen molar-refractivity contribution in [3.63, 3.8) is 0 Å². The molecule has 0 aromatic heterocycles. The smallest absolute Gasteiger partial charge is 0.335 e. The average molecular weight is 275 g/mol. The summed E-state index contributed by atoms with van der Waals surface area (Å²) in [5.41, 5.74) is 1.13. The van der Waals surface area contributed by atoms with Gasteiger partial charge in [0.15, 0.2) is 0 Å². The predicted octanol–water partition coefficient (Wildman–Crippen LogP) is 4.51. The van der Waals surface area contributed by atoms with Crippen molar-refractivity contribution in [2.45, 2.75) is 34.6 Å². The van der Waals surface area contributed by atoms with Crippen molar-refractivity contribution in [3.05, 3.63) is 33.8 Å². The van der Waals surface area contributed by atoms with Gasteiger partial charge < -0.3 is 5.11 Å². The Labute approximate surface area is 100 Å². The average Bonchev–Trinajstić information content (AvgIpc) is 2.27. The van der Waals surface area contributed by atoms with E-state index in [9.17, 15) is 4.79 Å². The molecule has 0 aliphatic carbocycles. The van der Waals surface area contributed by atoms with Gasteiger partial charge in [0.1, 0.15) is 0 Å². The number of benzene rings is 1. The van der Waals surface area contributed by atoms with Crippen LogP contribution in [0.1, 0.15) is 43.6 Å². The minimum absolute atomic E-state index is 0.347. The maximum Gasteiger partial charge on any atom is 0.335 e. The summed E-state index contributed by atoms with van der Waals surface area (Å²) in [5.74, 6) is -0.885. The molecule has 0 atom stereocenters. The minimum Gasteiger partial charge on any atom is -0.478 e. The van der Waals surface area contributed by atoms with Crippen LogP contribution in [0.15, 0.2) is 22.7 Å². The lowest BCUT2D eigenvalue weighted by Crippen LogP contribution is -1.98. The highest BCUT2D eigenvalue weighted by atomic mass is 79.9. The minimum atomic E-state index is -0.885. The van der Waals surface area contributed by atoms with Crippen molar-refractivity contribution in [1.82, 2.24) is 0 Å². The molecule has 2 nitrogen and oxygen atoms in total. The van der Waals surface area contributed by atoms with Crippen LogP contribution in [0.3, 0.4) is 0 Å². The van der Waals surface area contributed by atoms with Crippen molar-refractivity contribution in [2.75, 3.05) is 0 Å². The van der Waals surface area contributed by atoms with Crippen LogP contribution in [0, 0.1) is 6.92 Å². The highest BCUT2D eigenvalue weighted by molar-refractivity contribution is 9.10. The van der Waals surface area contributed by atoms with E-state index in [2.05, 4.69) is 15.9 Å². The Morgan fingerprint density at radius 2 is 1.67 bits per heavy atom. The molecule has 3 heteroatoms. The third-order valence-electron chi connectivity index (χ3n) is 1.43. The van der Waals surface area contributed by atoms with Crippen LogP contribution in [0.4, 0.5) is 0 Å². The van der Waals surface area contributed by atoms with Crippen molar-refractivity contribution >= 4 is 21.9 Å². The molecule has 1 rings (SSSR count). The van der Waals surface area contributed by atoms with Gasteiger partial charge in [-0.2, -0.15) is 0 Å². The monoisotopic (exact) mass is 274 g/mol. The fourth-order valence-electron chi connectivity index (χ4n) is 0.825. The molecule has 1 aromatic carbocycles. The third-order valence-corrected chi connectivity index (χ3v) is 1.92. The Morgan fingerprint density at radius 1 is 1.20 bits per heavy atom. The first-order valence-corrected chi connectivity index (χ1v) is 5.90. The molecule has 86 valence electrons. The first-order chi connectivity index (χ1) is 7.11. The van der Waals surface area contributed by atoms with Crippen LogP contribution < -0.4 is 0 Å². The fourth-order valence-corrected chi connectivity index (χ4v) is 1.19. The molecule has 0 heterocycles. The molecule has 0 aliphatic heterocycles. The maximum absolute atomic E-state index is 10.6. The van der Waals surface area contributed by atoms with Gasteiger partial charge in [0.25, 0.3) is 0 Å². The number of carboxylic acids is 1. The molecular formula is C12H19BrO2. The van der Waals surface area contributed by atoms with Crippen molar-refractivity contribution in [2.24, 2.45) is 0 Å². The summed E-state index contributed by atoms with van der Waals surface area (Å²) in [6.45, 7) is 9.77. The van der Waals surface area contributed by atoms with Crippen LogP contribution in [0.2, 0.25) is 0 Å². The fraction of sp³-hybridized carbons (Fsp3) is 0.417. The largest absolute Gasteiger partial charge is 0.478 e. The van der Waals surface area contributed by atoms with Crippen LogP contribution in [0.25, 0.3) is 0 Å². The van der Waals surface area contributed by atoms with E-state index in [1.54, 1.807) is 19.1 Å². The van der Waals surface area contributed by atoms with Gasteiger partial charge in [-0.25, -0.2) is 4.79 Å². The normalized spacial score (nSPS) is 7.87. The molecule has 0 saturated carbocycles. The molecule has 0 amide bonds. The van der Waals surface area contributed by atoms with Gasteiger partial charge in [0.05, 0.1) is 5.56 Å². The van der Waals surface area contributed by atoms with E-state index in [0.717, 1.165) is 10.0 Å². The summed E-state index contributed by atoms with van der Waals surface area (Å²) in [5, 5.41) is 8.67. The van der Waals surface area contributed by atoms with Crippen LogP contribution >= 0.6 is 15.9 Å². The van der Waals surface area contributed by atoms with Crippen LogP contribution in [-0.2, 0) is 0 Å². The Hall–Kier alpha value is -0.830. The first-order valence-electron chi connectivity index (χ1n) is 5.10. The van der Waals surface area contributed by atoms with Gasteiger partial charge in [0, 0.05) is 4.47 Å². The molecule has 1 N–H and O–H groups in total. The van der Waals surface area contributed by atoms with E-state index in [1.807, 2.05) is 33.8 Å². The lowest BCUT2D eigenvalue weighted by molar-refractivity contribution is 0.0696. The second kappa shape index (κ2) is 9.71. The second-order valence-electron chi connectivity index (χ2n) is 2.26. The Morgan fingerprint density at radius 3 is 2.00 bits per heavy atom. The van der Waals surface area contributed by atoms with Gasteiger partial charge in [-0.1, -0.05) is 49.7 Å². The third kappa shape index (κ3) is 6.28. The summed E-state index contributed by atoms with van der Waals surface area (Å²) in [7, 11) is 0. The molecule has 1 aromatic rings. The number of carbonyl (C=O) groups is 1. The summed E-state index contributed by atoms with van der Waals surface area (Å²) >= 11 is 3.20. The number of aromatic carboxylic acids is 1. The molecule has 0 aliphatic rings. The highest BCUT2D eigenvalue weighted by Gasteiger charge is 2.05. The highest BCUT2D eigenvalue weighted by Crippen LogP contribution is 2.15. The number of halogens is 1. The maximum atomic E-state index is 10.6. The summed E-state index contributed by atoms with van der Waals surface area (Å²) in [6, 6.07) is 5.19. The summed E-state index contributed by atoms with van der Waals surface area (Å²) < 4.78 is 0.792. The Kier molecular flexibility index (Phi) is 10.7. The molecular weight excluding hydrogens is 256 g/mol. The van der Waals surface area contributed by atoms with E-state index in [4.69, 9.17) is 5.11 Å². The van der Waals surface area contributed by atoms with Crippen molar-refractivity contribution < 1.29 is 9.90 Å². The molecule has 0 radical (unpaired) electrons. The zero-order valence-electron chi connectivity index (χ0n) is 9.97. The van der Waals surface area contributed by atoms with E-state index in [1.165, 1.54) is 0 Å². The second-order valence-corrected chi connectivity index (χ2v) is 3.18. The van der Waals surface area contributed by atoms with Gasteiger partial charge in [-0.05, 0) is 24.6 Å². The van der Waals surface area contributed by atoms with Gasteiger partial charge >= 0.3 is 5.97 Å². The van der Waals surface area contributed by atoms with Crippen molar-refractivity contribution in [1.29, 1.82) is 0 Å². The SMILES string of the molecule is CC.CC.Cc1ccc(Br)cc1C(=O)O. The zero-order valence-corrected chi connectivity index (χ0v) is 11.6. The Balaban J connectivity index is 0. The van der Waals surface area contributed by atoms with Gasteiger partial charge in [-0.3, -0.25) is 0 Å². The topological polar surface area (TPSA) is 37.3 Å². The predicted molar refractivity (Wildman–Crippen MR) is 68.5 cm³/mol. The summed E-state index contributed by atoms with van der Waals surface area (Å²) in [6.07, 6.45) is 0. The number of carboxylic acid groups (broad SMARTS) is 1. The zero-order chi connectivity index (χ0) is 12.4. The number of hydrogen-bond acceptors (Lipinski definition) is 1. The molecule has 0 unspecified atom stereocenters. The van der Waals surface area contributed by atoms with Gasteiger partial charge in [-0.15, -0.1) is 0 Å². The van der Waals surface area contributed by atoms with E-state index in [0.29, 0.717) is 5.56 Å². The summed E-state index contributed by atoms with van der Waals surface area (Å²) in [4.78, 5) is 10.6. The van der Waals surface area contributed by atoms with Crippen LogP contribution in [-0.4, -0.2) is 11.1 Å². The van der Waals surface area contributed by atoms with Gasteiger partial charge in [0.2, 0.25) is 0 Å². The lowest BCUT2D eigenvalue weighted by atomic mass is 10.1. The molecule has 0 fully saturated rings. The molecule has 0 bridgehead atoms. The van der Waals surface area contributed by atoms with E-state index in [-0.39, 0.29) is 0 Å². The van der Waals surface area contributed by atoms with E-state index >= 15 is 0 Å². The Bertz CT molecular complexity index is 296. The van der Waals surface area contributed by atoms with Crippen molar-refractivity contribution in [3.8, 4) is 0 Å². The molecule has 0 saturated heterocycles. The van der Waals surface area contributed by atoms with Crippen LogP contribution in [0.5, 0.6) is 0 Å².